The van der Waals surface area contributed by atoms with Crippen molar-refractivity contribution >= 4 is 49.4 Å². The topological polar surface area (TPSA) is 3.24 Å². The highest BCUT2D eigenvalue weighted by atomic mass is 15.1. The lowest BCUT2D eigenvalue weighted by molar-refractivity contribution is 1.30. The van der Waals surface area contributed by atoms with Crippen molar-refractivity contribution < 1.29 is 0 Å². The Kier molecular flexibility index (Phi) is 9.26. The molecule has 0 saturated carbocycles. The summed E-state index contributed by atoms with van der Waals surface area (Å²) in [6.07, 6.45) is 0. The molecule has 0 heterocycles. The second kappa shape index (κ2) is 15.6. The van der Waals surface area contributed by atoms with Gasteiger partial charge < -0.3 is 4.90 Å². The minimum Gasteiger partial charge on any atom is -0.309 e. The highest BCUT2D eigenvalue weighted by Crippen LogP contribution is 2.47. The van der Waals surface area contributed by atoms with Crippen LogP contribution in [0.1, 0.15) is 0 Å². The van der Waals surface area contributed by atoms with Gasteiger partial charge in [-0.3, -0.25) is 0 Å². The zero-order valence-electron chi connectivity index (χ0n) is 33.6. The first-order valence-corrected chi connectivity index (χ1v) is 21.0. The summed E-state index contributed by atoms with van der Waals surface area (Å²) in [5.74, 6) is 0. The largest absolute Gasteiger partial charge is 0.309 e. The number of hydrogen-bond donors (Lipinski definition) is 0. The van der Waals surface area contributed by atoms with E-state index in [0.29, 0.717) is 0 Å². The zero-order valence-corrected chi connectivity index (χ0v) is 33.6. The number of benzene rings is 11. The Morgan fingerprint density at radius 2 is 0.639 bits per heavy atom. The molecule has 1 nitrogen and oxygen atoms in total. The number of rotatable bonds is 8. The standard InChI is InChI=1S/C60H41N/c1-3-16-42(17-4-1)49-38-50(43-18-5-2-6-19-43)40-51(39-49)44-32-35-52(36-33-44)61(59-31-15-25-47-22-9-12-28-56(47)59)60-41-48(55-29-13-23-45-20-7-10-26-53(45)55)34-37-58(60)57-30-14-24-46-21-8-11-27-54(46)57/h1-41H. The number of fused-ring (bicyclic) bond motifs is 3. The SMILES string of the molecule is c1ccc(-c2cc(-c3ccccc3)cc(-c3ccc(N(c4cc(-c5cccc6ccccc56)ccc4-c4cccc5ccccc45)c4cccc5ccccc45)cc3)c2)cc1. The minimum atomic E-state index is 1.08. The number of nitrogens with zero attached hydrogens (tertiary/aromatic N) is 1. The van der Waals surface area contributed by atoms with Gasteiger partial charge in [0, 0.05) is 16.6 Å². The van der Waals surface area contributed by atoms with Crippen LogP contribution < -0.4 is 4.90 Å². The third-order valence-electron chi connectivity index (χ3n) is 12.0. The summed E-state index contributed by atoms with van der Waals surface area (Å²) in [6.45, 7) is 0. The fraction of sp³-hybridized carbons (Fsp3) is 0. The van der Waals surface area contributed by atoms with Gasteiger partial charge in [0.1, 0.15) is 0 Å². The highest BCUT2D eigenvalue weighted by Gasteiger charge is 2.22. The normalized spacial score (nSPS) is 11.3. The highest BCUT2D eigenvalue weighted by molar-refractivity contribution is 6.06. The van der Waals surface area contributed by atoms with E-state index in [4.69, 9.17) is 0 Å². The summed E-state index contributed by atoms with van der Waals surface area (Å²) >= 11 is 0. The maximum Gasteiger partial charge on any atom is 0.0546 e. The lowest BCUT2D eigenvalue weighted by atomic mass is 9.91. The van der Waals surface area contributed by atoms with E-state index in [1.807, 2.05) is 0 Å². The van der Waals surface area contributed by atoms with Gasteiger partial charge in [-0.2, -0.15) is 0 Å². The Morgan fingerprint density at radius 1 is 0.213 bits per heavy atom. The molecule has 0 aliphatic rings. The van der Waals surface area contributed by atoms with Crippen LogP contribution in [0.4, 0.5) is 17.1 Å². The summed E-state index contributed by atoms with van der Waals surface area (Å²) in [7, 11) is 0. The Hall–Kier alpha value is -8.00. The van der Waals surface area contributed by atoms with E-state index >= 15 is 0 Å². The molecule has 0 aromatic heterocycles. The van der Waals surface area contributed by atoms with Crippen LogP contribution in [0.15, 0.2) is 249 Å². The third kappa shape index (κ3) is 6.83. The van der Waals surface area contributed by atoms with E-state index in [0.717, 1.165) is 22.6 Å². The van der Waals surface area contributed by atoms with Crippen molar-refractivity contribution in [3.63, 3.8) is 0 Å². The first-order chi connectivity index (χ1) is 30.2. The Labute approximate surface area is 357 Å². The van der Waals surface area contributed by atoms with Crippen LogP contribution in [0.3, 0.4) is 0 Å². The van der Waals surface area contributed by atoms with Crippen molar-refractivity contribution in [1.82, 2.24) is 0 Å². The van der Waals surface area contributed by atoms with Gasteiger partial charge in [0.05, 0.1) is 11.4 Å². The van der Waals surface area contributed by atoms with E-state index in [2.05, 4.69) is 254 Å². The molecule has 0 N–H and O–H groups in total. The molecule has 11 aromatic rings. The Balaban J connectivity index is 1.14. The number of hydrogen-bond acceptors (Lipinski definition) is 1. The molecule has 0 fully saturated rings. The molecule has 61 heavy (non-hydrogen) atoms. The molecule has 0 radical (unpaired) electrons. The van der Waals surface area contributed by atoms with Crippen LogP contribution in [-0.4, -0.2) is 0 Å². The second-order valence-corrected chi connectivity index (χ2v) is 15.7. The first-order valence-electron chi connectivity index (χ1n) is 21.0. The van der Waals surface area contributed by atoms with Crippen molar-refractivity contribution in [3.8, 4) is 55.6 Å². The number of anilines is 3. The Morgan fingerprint density at radius 3 is 1.23 bits per heavy atom. The van der Waals surface area contributed by atoms with Crippen molar-refractivity contribution in [2.45, 2.75) is 0 Å². The maximum absolute atomic E-state index is 2.48. The van der Waals surface area contributed by atoms with Crippen molar-refractivity contribution in [2.24, 2.45) is 0 Å². The smallest absolute Gasteiger partial charge is 0.0546 e. The second-order valence-electron chi connectivity index (χ2n) is 15.7. The lowest BCUT2D eigenvalue weighted by Crippen LogP contribution is -2.12. The van der Waals surface area contributed by atoms with Gasteiger partial charge >= 0.3 is 0 Å². The van der Waals surface area contributed by atoms with Crippen LogP contribution >= 0.6 is 0 Å². The molecule has 0 atom stereocenters. The molecule has 11 aromatic carbocycles. The average molecular weight is 776 g/mol. The van der Waals surface area contributed by atoms with Gasteiger partial charge in [-0.05, 0) is 119 Å². The monoisotopic (exact) mass is 775 g/mol. The van der Waals surface area contributed by atoms with E-state index in [1.54, 1.807) is 0 Å². The van der Waals surface area contributed by atoms with Crippen molar-refractivity contribution in [3.05, 3.63) is 249 Å². The minimum absolute atomic E-state index is 1.08. The fourth-order valence-electron chi connectivity index (χ4n) is 9.05. The van der Waals surface area contributed by atoms with Crippen molar-refractivity contribution in [1.29, 1.82) is 0 Å². The molecule has 0 bridgehead atoms. The van der Waals surface area contributed by atoms with Gasteiger partial charge in [0.2, 0.25) is 0 Å². The zero-order chi connectivity index (χ0) is 40.5. The summed E-state index contributed by atoms with van der Waals surface area (Å²) in [5.41, 5.74) is 15.2. The summed E-state index contributed by atoms with van der Waals surface area (Å²) in [6, 6.07) is 90.7. The third-order valence-corrected chi connectivity index (χ3v) is 12.0. The van der Waals surface area contributed by atoms with Crippen LogP contribution in [0, 0.1) is 0 Å². The molecule has 0 amide bonds. The molecule has 286 valence electrons. The predicted molar refractivity (Wildman–Crippen MR) is 261 cm³/mol. The summed E-state index contributed by atoms with van der Waals surface area (Å²) < 4.78 is 0. The summed E-state index contributed by atoms with van der Waals surface area (Å²) in [5, 5.41) is 7.30. The van der Waals surface area contributed by atoms with E-state index < -0.39 is 0 Å². The predicted octanol–water partition coefficient (Wildman–Crippen LogP) is 17.0. The molecule has 1 heteroatoms. The van der Waals surface area contributed by atoms with Crippen LogP contribution in [0.2, 0.25) is 0 Å². The van der Waals surface area contributed by atoms with Crippen molar-refractivity contribution in [2.75, 3.05) is 4.90 Å². The van der Waals surface area contributed by atoms with E-state index in [9.17, 15) is 0 Å². The molecular formula is C60H41N. The van der Waals surface area contributed by atoms with Crippen LogP contribution in [0.5, 0.6) is 0 Å². The van der Waals surface area contributed by atoms with Gasteiger partial charge in [-0.1, -0.05) is 206 Å². The maximum atomic E-state index is 2.48. The van der Waals surface area contributed by atoms with Gasteiger partial charge in [0.15, 0.2) is 0 Å². The molecule has 0 aliphatic heterocycles. The van der Waals surface area contributed by atoms with E-state index in [-0.39, 0.29) is 0 Å². The van der Waals surface area contributed by atoms with Gasteiger partial charge in [-0.25, -0.2) is 0 Å². The van der Waals surface area contributed by atoms with Crippen LogP contribution in [-0.2, 0) is 0 Å². The molecular weight excluding hydrogens is 735 g/mol. The van der Waals surface area contributed by atoms with E-state index in [1.165, 1.54) is 82.4 Å². The lowest BCUT2D eigenvalue weighted by Gasteiger charge is -2.30. The van der Waals surface area contributed by atoms with Crippen LogP contribution in [0.25, 0.3) is 88.0 Å². The Bertz CT molecular complexity index is 3270. The average Bonchev–Trinajstić information content (AvgIpc) is 3.34. The van der Waals surface area contributed by atoms with Gasteiger partial charge in [-0.15, -0.1) is 0 Å². The molecule has 11 rings (SSSR count). The van der Waals surface area contributed by atoms with Gasteiger partial charge in [0.25, 0.3) is 0 Å². The molecule has 0 saturated heterocycles. The summed E-state index contributed by atoms with van der Waals surface area (Å²) in [4.78, 5) is 2.48. The quantitative estimate of drug-likeness (QED) is 0.149. The molecule has 0 aliphatic carbocycles. The fourth-order valence-corrected chi connectivity index (χ4v) is 9.05. The molecule has 0 spiro atoms. The first kappa shape index (κ1) is 36.1. The molecule has 0 unspecified atom stereocenters.